The highest BCUT2D eigenvalue weighted by atomic mass is 33.1. The van der Waals surface area contributed by atoms with E-state index in [1.165, 1.54) is 5.56 Å². The molecule has 1 aromatic carbocycles. The smallest absolute Gasteiger partial charge is 0.0991 e. The lowest BCUT2D eigenvalue weighted by atomic mass is 9.97. The van der Waals surface area contributed by atoms with Gasteiger partial charge >= 0.3 is 0 Å². The van der Waals surface area contributed by atoms with Crippen molar-refractivity contribution in [2.24, 2.45) is 0 Å². The molecule has 2 unspecified atom stereocenters. The van der Waals surface area contributed by atoms with E-state index in [0.717, 1.165) is 6.61 Å². The Morgan fingerprint density at radius 1 is 1.33 bits per heavy atom. The van der Waals surface area contributed by atoms with Gasteiger partial charge in [-0.3, -0.25) is 0 Å². The van der Waals surface area contributed by atoms with E-state index in [1.807, 2.05) is 52.8 Å². The molecule has 2 rings (SSSR count). The molecule has 1 aromatic rings. The summed E-state index contributed by atoms with van der Waals surface area (Å²) in [4.78, 5) is 0. The first kappa shape index (κ1) is 13.8. The van der Waals surface area contributed by atoms with E-state index in [1.54, 1.807) is 0 Å². The molecule has 1 saturated heterocycles. The van der Waals surface area contributed by atoms with Crippen molar-refractivity contribution in [2.45, 2.75) is 36.9 Å². The van der Waals surface area contributed by atoms with Gasteiger partial charge in [0.2, 0.25) is 0 Å². The molecular formula is C14H17NOS2. The van der Waals surface area contributed by atoms with Crippen molar-refractivity contribution in [1.82, 2.24) is 0 Å². The Bertz CT molecular complexity index is 450. The molecule has 1 fully saturated rings. The molecule has 96 valence electrons. The third-order valence-corrected chi connectivity index (χ3v) is 6.73. The quantitative estimate of drug-likeness (QED) is 0.777. The molecule has 2 atom stereocenters. The normalized spacial score (nSPS) is 25.9. The molecule has 0 aromatic heterocycles. The second-order valence-corrected chi connectivity index (χ2v) is 7.81. The Morgan fingerprint density at radius 3 is 2.56 bits per heavy atom. The molecule has 0 aliphatic carbocycles. The van der Waals surface area contributed by atoms with E-state index in [2.05, 4.69) is 19.9 Å². The molecular weight excluding hydrogens is 262 g/mol. The van der Waals surface area contributed by atoms with Crippen molar-refractivity contribution in [2.75, 3.05) is 6.61 Å². The van der Waals surface area contributed by atoms with Gasteiger partial charge in [-0.15, -0.1) is 0 Å². The van der Waals surface area contributed by atoms with Crippen molar-refractivity contribution in [3.05, 3.63) is 35.4 Å². The van der Waals surface area contributed by atoms with E-state index in [9.17, 15) is 0 Å². The zero-order valence-electron chi connectivity index (χ0n) is 10.8. The van der Waals surface area contributed by atoms with Crippen molar-refractivity contribution >= 4 is 21.6 Å². The monoisotopic (exact) mass is 279 g/mol. The summed E-state index contributed by atoms with van der Waals surface area (Å²) in [6, 6.07) is 10.0. The fourth-order valence-corrected chi connectivity index (χ4v) is 5.58. The van der Waals surface area contributed by atoms with E-state index in [4.69, 9.17) is 10.00 Å². The molecule has 1 heterocycles. The molecule has 0 saturated carbocycles. The van der Waals surface area contributed by atoms with Crippen LogP contribution in [0.25, 0.3) is 0 Å². The minimum Gasteiger partial charge on any atom is -0.376 e. The number of ether oxygens (including phenoxy) is 1. The third kappa shape index (κ3) is 2.69. The summed E-state index contributed by atoms with van der Waals surface area (Å²) >= 11 is 0. The average Bonchev–Trinajstić information content (AvgIpc) is 2.66. The average molecular weight is 279 g/mol. The summed E-state index contributed by atoms with van der Waals surface area (Å²) in [5, 5.41) is 9.17. The highest BCUT2D eigenvalue weighted by Gasteiger charge is 2.45. The molecule has 0 spiro atoms. The summed E-state index contributed by atoms with van der Waals surface area (Å²) in [5.41, 5.74) is 1.96. The summed E-state index contributed by atoms with van der Waals surface area (Å²) in [5.74, 6) is 0. The molecule has 0 bridgehead atoms. The SMILES string of the molecule is CCOC1C(c2ccc(C#N)cc2)SSC1(C)C. The molecule has 0 N–H and O–H groups in total. The Hall–Kier alpha value is -0.630. The lowest BCUT2D eigenvalue weighted by Gasteiger charge is -2.28. The molecule has 1 aliphatic rings. The van der Waals surface area contributed by atoms with Crippen LogP contribution >= 0.6 is 21.6 Å². The van der Waals surface area contributed by atoms with E-state index >= 15 is 0 Å². The van der Waals surface area contributed by atoms with Crippen molar-refractivity contribution < 1.29 is 4.74 Å². The Balaban J connectivity index is 2.24. The van der Waals surface area contributed by atoms with Gasteiger partial charge in [0.15, 0.2) is 0 Å². The van der Waals surface area contributed by atoms with Gasteiger partial charge in [0.1, 0.15) is 0 Å². The number of nitrogens with zero attached hydrogens (tertiary/aromatic N) is 1. The van der Waals surface area contributed by atoms with Crippen LogP contribution in [0.3, 0.4) is 0 Å². The maximum absolute atomic E-state index is 8.83. The Kier molecular flexibility index (Phi) is 4.26. The van der Waals surface area contributed by atoms with Crippen LogP contribution in [-0.2, 0) is 4.74 Å². The van der Waals surface area contributed by atoms with Gasteiger partial charge in [0.05, 0.1) is 23.0 Å². The van der Waals surface area contributed by atoms with Crippen LogP contribution in [0.2, 0.25) is 0 Å². The van der Waals surface area contributed by atoms with E-state index < -0.39 is 0 Å². The van der Waals surface area contributed by atoms with Crippen LogP contribution < -0.4 is 0 Å². The minimum atomic E-state index is 0.124. The predicted molar refractivity (Wildman–Crippen MR) is 78.6 cm³/mol. The van der Waals surface area contributed by atoms with Gasteiger partial charge in [-0.2, -0.15) is 5.26 Å². The largest absolute Gasteiger partial charge is 0.376 e. The van der Waals surface area contributed by atoms with Gasteiger partial charge in [0, 0.05) is 11.4 Å². The number of rotatable bonds is 3. The maximum atomic E-state index is 8.83. The summed E-state index contributed by atoms with van der Waals surface area (Å²) < 4.78 is 6.06. The van der Waals surface area contributed by atoms with Gasteiger partial charge in [-0.1, -0.05) is 33.7 Å². The van der Waals surface area contributed by atoms with Crippen molar-refractivity contribution in [3.63, 3.8) is 0 Å². The second-order valence-electron chi connectivity index (χ2n) is 4.81. The lowest BCUT2D eigenvalue weighted by Crippen LogP contribution is -2.34. The highest BCUT2D eigenvalue weighted by molar-refractivity contribution is 8.77. The van der Waals surface area contributed by atoms with E-state index in [0.29, 0.717) is 10.8 Å². The van der Waals surface area contributed by atoms with Crippen LogP contribution in [-0.4, -0.2) is 17.5 Å². The van der Waals surface area contributed by atoms with Crippen molar-refractivity contribution in [3.8, 4) is 6.07 Å². The molecule has 4 heteroatoms. The zero-order valence-corrected chi connectivity index (χ0v) is 12.5. The summed E-state index contributed by atoms with van der Waals surface area (Å²) in [6.45, 7) is 7.24. The molecule has 2 nitrogen and oxygen atoms in total. The van der Waals surface area contributed by atoms with Crippen LogP contribution in [0.1, 0.15) is 37.1 Å². The van der Waals surface area contributed by atoms with Gasteiger partial charge < -0.3 is 4.74 Å². The topological polar surface area (TPSA) is 33.0 Å². The fraction of sp³-hybridized carbons (Fsp3) is 0.500. The van der Waals surface area contributed by atoms with E-state index in [-0.39, 0.29) is 10.9 Å². The summed E-state index contributed by atoms with van der Waals surface area (Å²) in [7, 11) is 3.76. The van der Waals surface area contributed by atoms with Crippen LogP contribution in [0, 0.1) is 11.3 Å². The molecule has 18 heavy (non-hydrogen) atoms. The molecule has 0 radical (unpaired) electrons. The number of hydrogen-bond acceptors (Lipinski definition) is 4. The minimum absolute atomic E-state index is 0.124. The summed E-state index contributed by atoms with van der Waals surface area (Å²) in [6.07, 6.45) is 0.213. The van der Waals surface area contributed by atoms with Gasteiger partial charge in [0.25, 0.3) is 0 Å². The van der Waals surface area contributed by atoms with Crippen LogP contribution in [0.15, 0.2) is 24.3 Å². The number of nitriles is 1. The number of benzene rings is 1. The zero-order chi connectivity index (χ0) is 13.2. The third-order valence-electron chi connectivity index (χ3n) is 3.04. The number of hydrogen-bond donors (Lipinski definition) is 0. The van der Waals surface area contributed by atoms with Gasteiger partial charge in [-0.05, 0) is 38.5 Å². The maximum Gasteiger partial charge on any atom is 0.0991 e. The molecule has 1 aliphatic heterocycles. The highest BCUT2D eigenvalue weighted by Crippen LogP contribution is 2.59. The fourth-order valence-electron chi connectivity index (χ4n) is 2.08. The first-order valence-corrected chi connectivity index (χ1v) is 8.26. The lowest BCUT2D eigenvalue weighted by molar-refractivity contribution is 0.0431. The predicted octanol–water partition coefficient (Wildman–Crippen LogP) is 4.18. The second kappa shape index (κ2) is 5.56. The van der Waals surface area contributed by atoms with Crippen LogP contribution in [0.4, 0.5) is 0 Å². The van der Waals surface area contributed by atoms with Crippen LogP contribution in [0.5, 0.6) is 0 Å². The first-order valence-electron chi connectivity index (χ1n) is 6.04. The standard InChI is InChI=1S/C14H17NOS2/c1-4-16-13-12(17-18-14(13,2)3)11-7-5-10(9-15)6-8-11/h5-8,12-13H,4H2,1-3H3. The molecule has 0 amide bonds. The van der Waals surface area contributed by atoms with Gasteiger partial charge in [-0.25, -0.2) is 0 Å². The first-order chi connectivity index (χ1) is 8.58. The Labute approximate surface area is 116 Å². The Morgan fingerprint density at radius 2 is 2.00 bits per heavy atom. The van der Waals surface area contributed by atoms with Crippen molar-refractivity contribution in [1.29, 1.82) is 5.26 Å².